The number of nitrogens with one attached hydrogen (secondary N) is 2. The number of amides is 1. The van der Waals surface area contributed by atoms with E-state index < -0.39 is 0 Å². The second-order valence-electron chi connectivity index (χ2n) is 7.67. The van der Waals surface area contributed by atoms with Crippen LogP contribution in [0.15, 0.2) is 42.5 Å². The van der Waals surface area contributed by atoms with Crippen LogP contribution in [-0.2, 0) is 17.6 Å². The fourth-order valence-corrected chi connectivity index (χ4v) is 4.43. The summed E-state index contributed by atoms with van der Waals surface area (Å²) in [5.41, 5.74) is 4.92. The molecule has 1 fully saturated rings. The number of carbonyl (C=O) groups excluding carboxylic acids is 1. The van der Waals surface area contributed by atoms with Gasteiger partial charge in [-0.05, 0) is 67.6 Å². The first-order valence-corrected chi connectivity index (χ1v) is 10.3. The summed E-state index contributed by atoms with van der Waals surface area (Å²) < 4.78 is 0. The summed E-state index contributed by atoms with van der Waals surface area (Å²) in [5.74, 6) is 0.110. The molecule has 1 heterocycles. The molecule has 0 unspecified atom stereocenters. The number of fused-ring (bicyclic) bond motifs is 1. The molecule has 0 spiro atoms. The Kier molecular flexibility index (Phi) is 5.37. The third kappa shape index (κ3) is 4.12. The predicted octanol–water partition coefficient (Wildman–Crippen LogP) is 2.56. The molecule has 2 aromatic carbocycles. The summed E-state index contributed by atoms with van der Waals surface area (Å²) in [6, 6.07) is 14.3. The molecule has 4 rings (SSSR count). The van der Waals surface area contributed by atoms with E-state index in [1.54, 1.807) is 0 Å². The van der Waals surface area contributed by atoms with Crippen LogP contribution in [0.25, 0.3) is 0 Å². The van der Waals surface area contributed by atoms with Crippen LogP contribution < -0.4 is 15.1 Å². The zero-order valence-electron chi connectivity index (χ0n) is 15.8. The Morgan fingerprint density at radius 3 is 2.67 bits per heavy atom. The number of anilines is 2. The van der Waals surface area contributed by atoms with Gasteiger partial charge < -0.3 is 15.1 Å². The minimum atomic E-state index is -0.0558. The maximum Gasteiger partial charge on any atom is 0.282 e. The van der Waals surface area contributed by atoms with Crippen molar-refractivity contribution in [2.45, 2.75) is 32.2 Å². The van der Waals surface area contributed by atoms with E-state index in [9.17, 15) is 4.79 Å². The number of hydrogen-bond donors (Lipinski definition) is 2. The van der Waals surface area contributed by atoms with E-state index in [1.165, 1.54) is 28.9 Å². The Morgan fingerprint density at radius 1 is 1.11 bits per heavy atom. The SMILES string of the molecule is C[C@@H](C(=O)Nc1ccc2c(c1)CCC2)[NH+]1CCN(c2cccc(Cl)c2)CC1. The first-order valence-electron chi connectivity index (χ1n) is 9.88. The van der Waals surface area contributed by atoms with Gasteiger partial charge in [0.25, 0.3) is 5.91 Å². The number of aryl methyl sites for hydroxylation is 2. The Bertz CT molecular complexity index is 830. The molecule has 2 aliphatic rings. The number of carbonyl (C=O) groups is 1. The highest BCUT2D eigenvalue weighted by atomic mass is 35.5. The minimum absolute atomic E-state index is 0.0558. The van der Waals surface area contributed by atoms with Crippen molar-refractivity contribution in [2.24, 2.45) is 0 Å². The van der Waals surface area contributed by atoms with Gasteiger partial charge >= 0.3 is 0 Å². The number of quaternary nitrogens is 1. The largest absolute Gasteiger partial charge is 0.360 e. The fraction of sp³-hybridized carbons (Fsp3) is 0.409. The molecule has 1 saturated heterocycles. The summed E-state index contributed by atoms with van der Waals surface area (Å²) in [5, 5.41) is 3.90. The van der Waals surface area contributed by atoms with Crippen molar-refractivity contribution in [1.29, 1.82) is 0 Å². The molecular weight excluding hydrogens is 358 g/mol. The normalized spacial score (nSPS) is 18.2. The molecule has 0 saturated carbocycles. The third-order valence-electron chi connectivity index (χ3n) is 5.95. The van der Waals surface area contributed by atoms with Gasteiger partial charge in [0.2, 0.25) is 0 Å². The second-order valence-corrected chi connectivity index (χ2v) is 8.11. The standard InChI is InChI=1S/C22H26ClN3O/c1-16(22(27)24-20-9-8-17-4-2-5-18(17)14-20)25-10-12-26(13-11-25)21-7-3-6-19(23)15-21/h3,6-9,14-16H,2,4-5,10-13H2,1H3,(H,24,27)/p+1/t16-/m0/s1. The van der Waals surface area contributed by atoms with Crippen molar-refractivity contribution in [3.63, 3.8) is 0 Å². The monoisotopic (exact) mass is 384 g/mol. The Balaban J connectivity index is 1.33. The lowest BCUT2D eigenvalue weighted by atomic mass is 10.1. The van der Waals surface area contributed by atoms with Crippen molar-refractivity contribution in [3.05, 3.63) is 58.6 Å². The molecule has 0 aromatic heterocycles. The lowest BCUT2D eigenvalue weighted by Crippen LogP contribution is -3.19. The summed E-state index contributed by atoms with van der Waals surface area (Å²) in [4.78, 5) is 16.4. The van der Waals surface area contributed by atoms with Gasteiger partial charge in [0.1, 0.15) is 0 Å². The number of piperazine rings is 1. The predicted molar refractivity (Wildman–Crippen MR) is 111 cm³/mol. The van der Waals surface area contributed by atoms with Crippen LogP contribution in [0, 0.1) is 0 Å². The summed E-state index contributed by atoms with van der Waals surface area (Å²) in [7, 11) is 0. The molecule has 2 aromatic rings. The zero-order valence-corrected chi connectivity index (χ0v) is 16.6. The van der Waals surface area contributed by atoms with Crippen LogP contribution in [0.1, 0.15) is 24.5 Å². The average molecular weight is 385 g/mol. The van der Waals surface area contributed by atoms with Crippen molar-refractivity contribution in [1.82, 2.24) is 0 Å². The molecule has 0 bridgehead atoms. The molecule has 0 radical (unpaired) electrons. The van der Waals surface area contributed by atoms with Crippen LogP contribution in [0.5, 0.6) is 0 Å². The van der Waals surface area contributed by atoms with Gasteiger partial charge in [-0.15, -0.1) is 0 Å². The lowest BCUT2D eigenvalue weighted by molar-refractivity contribution is -0.914. The van der Waals surface area contributed by atoms with Gasteiger partial charge in [-0.2, -0.15) is 0 Å². The molecule has 2 N–H and O–H groups in total. The molecular formula is C22H27ClN3O+. The summed E-state index contributed by atoms with van der Waals surface area (Å²) >= 11 is 6.11. The number of benzene rings is 2. The van der Waals surface area contributed by atoms with Gasteiger partial charge in [-0.1, -0.05) is 23.7 Å². The van der Waals surface area contributed by atoms with Crippen molar-refractivity contribution < 1.29 is 9.69 Å². The van der Waals surface area contributed by atoms with Gasteiger partial charge in [-0.25, -0.2) is 0 Å². The van der Waals surface area contributed by atoms with E-state index in [0.717, 1.165) is 49.0 Å². The maximum atomic E-state index is 12.7. The Labute approximate surface area is 166 Å². The van der Waals surface area contributed by atoms with Crippen molar-refractivity contribution >= 4 is 28.9 Å². The van der Waals surface area contributed by atoms with Crippen LogP contribution in [0.2, 0.25) is 5.02 Å². The molecule has 142 valence electrons. The van der Waals surface area contributed by atoms with Gasteiger partial charge in [0, 0.05) is 16.4 Å². The molecule has 1 aliphatic carbocycles. The fourth-order valence-electron chi connectivity index (χ4n) is 4.24. The van der Waals surface area contributed by atoms with Gasteiger partial charge in [0.15, 0.2) is 6.04 Å². The van der Waals surface area contributed by atoms with E-state index in [4.69, 9.17) is 11.6 Å². The van der Waals surface area contributed by atoms with E-state index in [1.807, 2.05) is 31.2 Å². The number of halogens is 1. The van der Waals surface area contributed by atoms with E-state index >= 15 is 0 Å². The molecule has 1 amide bonds. The quantitative estimate of drug-likeness (QED) is 0.850. The first kappa shape index (κ1) is 18.3. The van der Waals surface area contributed by atoms with E-state index in [2.05, 4.69) is 28.4 Å². The van der Waals surface area contributed by atoms with Crippen LogP contribution >= 0.6 is 11.6 Å². The second kappa shape index (κ2) is 7.91. The molecule has 27 heavy (non-hydrogen) atoms. The zero-order chi connectivity index (χ0) is 18.8. The molecule has 1 atom stereocenters. The lowest BCUT2D eigenvalue weighted by Gasteiger charge is -2.36. The van der Waals surface area contributed by atoms with Crippen LogP contribution in [-0.4, -0.2) is 38.1 Å². The highest BCUT2D eigenvalue weighted by Crippen LogP contribution is 2.25. The molecule has 5 heteroatoms. The maximum absolute atomic E-state index is 12.7. The highest BCUT2D eigenvalue weighted by molar-refractivity contribution is 6.30. The highest BCUT2D eigenvalue weighted by Gasteiger charge is 2.29. The topological polar surface area (TPSA) is 36.8 Å². The summed E-state index contributed by atoms with van der Waals surface area (Å²) in [6.45, 7) is 5.81. The minimum Gasteiger partial charge on any atom is -0.360 e. The Morgan fingerprint density at radius 2 is 1.89 bits per heavy atom. The van der Waals surface area contributed by atoms with Crippen LogP contribution in [0.3, 0.4) is 0 Å². The van der Waals surface area contributed by atoms with Gasteiger partial charge in [0.05, 0.1) is 26.2 Å². The third-order valence-corrected chi connectivity index (χ3v) is 6.19. The number of rotatable bonds is 4. The molecule has 1 aliphatic heterocycles. The number of nitrogens with zero attached hydrogens (tertiary/aromatic N) is 1. The van der Waals surface area contributed by atoms with Crippen molar-refractivity contribution in [3.8, 4) is 0 Å². The summed E-state index contributed by atoms with van der Waals surface area (Å²) in [6.07, 6.45) is 3.52. The van der Waals surface area contributed by atoms with Crippen molar-refractivity contribution in [2.75, 3.05) is 36.4 Å². The Hall–Kier alpha value is -2.04. The number of hydrogen-bond acceptors (Lipinski definition) is 2. The molecule has 4 nitrogen and oxygen atoms in total. The van der Waals surface area contributed by atoms with Crippen LogP contribution in [0.4, 0.5) is 11.4 Å². The average Bonchev–Trinajstić information content (AvgIpc) is 3.15. The van der Waals surface area contributed by atoms with E-state index in [-0.39, 0.29) is 11.9 Å². The first-order chi connectivity index (χ1) is 13.1. The smallest absolute Gasteiger partial charge is 0.282 e. The van der Waals surface area contributed by atoms with E-state index in [0.29, 0.717) is 0 Å². The van der Waals surface area contributed by atoms with Gasteiger partial charge in [-0.3, -0.25) is 4.79 Å².